The molecule has 4 rings (SSSR count). The zero-order valence-corrected chi connectivity index (χ0v) is 17.0. The van der Waals surface area contributed by atoms with Gasteiger partial charge in [-0.05, 0) is 42.8 Å². The van der Waals surface area contributed by atoms with Gasteiger partial charge in [0.05, 0.1) is 17.7 Å². The Hall–Kier alpha value is -4.27. The Labute approximate surface area is 178 Å². The second kappa shape index (κ2) is 9.04. The van der Waals surface area contributed by atoms with Crippen molar-refractivity contribution in [2.75, 3.05) is 17.7 Å². The fraction of sp³-hybridized carbons (Fsp3) is 0.136. The molecule has 0 aliphatic heterocycles. The van der Waals surface area contributed by atoms with Crippen LogP contribution >= 0.6 is 0 Å². The lowest BCUT2D eigenvalue weighted by atomic mass is 10.1. The third-order valence-corrected chi connectivity index (χ3v) is 4.32. The standard InChI is InChI=1S/C22H20N6O3/c1-14-12-19(28-31-14)27-20(29)13-15-5-7-16(8-6-15)30-21-17(4-3-10-24-21)18-9-11-25-22(23-2)26-18/h3-12H,13H2,1-2H3,(H,23,25,26)(H,27,28,29). The summed E-state index contributed by atoms with van der Waals surface area (Å²) < 4.78 is 10.9. The molecule has 0 unspecified atom stereocenters. The Morgan fingerprint density at radius 2 is 1.94 bits per heavy atom. The largest absolute Gasteiger partial charge is 0.438 e. The molecule has 0 radical (unpaired) electrons. The molecule has 2 N–H and O–H groups in total. The summed E-state index contributed by atoms with van der Waals surface area (Å²) in [5.74, 6) is 2.38. The number of amides is 1. The Morgan fingerprint density at radius 3 is 2.68 bits per heavy atom. The van der Waals surface area contributed by atoms with E-state index in [0.717, 1.165) is 11.1 Å². The SMILES string of the molecule is CNc1nccc(-c2cccnc2Oc2ccc(CC(=O)Nc3cc(C)on3)cc2)n1. The quantitative estimate of drug-likeness (QED) is 0.467. The highest BCUT2D eigenvalue weighted by Crippen LogP contribution is 2.30. The van der Waals surface area contributed by atoms with Gasteiger partial charge in [-0.15, -0.1) is 0 Å². The fourth-order valence-electron chi connectivity index (χ4n) is 2.88. The van der Waals surface area contributed by atoms with Crippen molar-refractivity contribution in [3.8, 4) is 22.9 Å². The third-order valence-electron chi connectivity index (χ3n) is 4.32. The Morgan fingerprint density at radius 1 is 1.10 bits per heavy atom. The van der Waals surface area contributed by atoms with Crippen LogP contribution in [-0.2, 0) is 11.2 Å². The lowest BCUT2D eigenvalue weighted by Gasteiger charge is -2.10. The van der Waals surface area contributed by atoms with E-state index in [1.54, 1.807) is 50.6 Å². The van der Waals surface area contributed by atoms with Crippen molar-refractivity contribution in [2.45, 2.75) is 13.3 Å². The van der Waals surface area contributed by atoms with Gasteiger partial charge in [0, 0.05) is 25.5 Å². The third kappa shape index (κ3) is 5.02. The summed E-state index contributed by atoms with van der Waals surface area (Å²) in [6.07, 6.45) is 3.53. The van der Waals surface area contributed by atoms with E-state index in [0.29, 0.717) is 34.8 Å². The van der Waals surface area contributed by atoms with Crippen LogP contribution in [0.3, 0.4) is 0 Å². The fourth-order valence-corrected chi connectivity index (χ4v) is 2.88. The van der Waals surface area contributed by atoms with Crippen molar-refractivity contribution >= 4 is 17.7 Å². The van der Waals surface area contributed by atoms with E-state index in [1.807, 2.05) is 24.3 Å². The number of hydrogen-bond donors (Lipinski definition) is 2. The number of benzene rings is 1. The molecule has 0 saturated heterocycles. The lowest BCUT2D eigenvalue weighted by Crippen LogP contribution is -2.14. The topological polar surface area (TPSA) is 115 Å². The van der Waals surface area contributed by atoms with Gasteiger partial charge in [0.25, 0.3) is 0 Å². The van der Waals surface area contributed by atoms with Crippen LogP contribution < -0.4 is 15.4 Å². The van der Waals surface area contributed by atoms with Crippen LogP contribution in [0.25, 0.3) is 11.3 Å². The zero-order valence-electron chi connectivity index (χ0n) is 17.0. The number of pyridine rings is 1. The predicted octanol–water partition coefficient (Wildman–Crippen LogP) is 3.85. The highest BCUT2D eigenvalue weighted by molar-refractivity contribution is 5.91. The number of nitrogens with one attached hydrogen (secondary N) is 2. The molecule has 0 bridgehead atoms. The zero-order chi connectivity index (χ0) is 21.6. The molecule has 4 aromatic rings. The summed E-state index contributed by atoms with van der Waals surface area (Å²) in [4.78, 5) is 25.1. The molecule has 0 aliphatic rings. The first-order chi connectivity index (χ1) is 15.1. The van der Waals surface area contributed by atoms with Crippen LogP contribution in [0, 0.1) is 6.92 Å². The van der Waals surface area contributed by atoms with Gasteiger partial charge >= 0.3 is 0 Å². The molecule has 1 amide bonds. The molecule has 31 heavy (non-hydrogen) atoms. The summed E-state index contributed by atoms with van der Waals surface area (Å²) in [5, 5.41) is 9.37. The number of carbonyl (C=O) groups excluding carboxylic acids is 1. The highest BCUT2D eigenvalue weighted by atomic mass is 16.5. The van der Waals surface area contributed by atoms with Crippen molar-refractivity contribution in [2.24, 2.45) is 0 Å². The van der Waals surface area contributed by atoms with Gasteiger partial charge in [0.2, 0.25) is 17.7 Å². The average Bonchev–Trinajstić information content (AvgIpc) is 3.20. The minimum Gasteiger partial charge on any atom is -0.438 e. The Bertz CT molecular complexity index is 1190. The predicted molar refractivity (Wildman–Crippen MR) is 115 cm³/mol. The average molecular weight is 416 g/mol. The van der Waals surface area contributed by atoms with Gasteiger partial charge < -0.3 is 19.9 Å². The van der Waals surface area contributed by atoms with Crippen molar-refractivity contribution < 1.29 is 14.1 Å². The molecular weight excluding hydrogens is 396 g/mol. The second-order valence-corrected chi connectivity index (χ2v) is 6.67. The molecule has 0 aliphatic carbocycles. The van der Waals surface area contributed by atoms with E-state index >= 15 is 0 Å². The minimum absolute atomic E-state index is 0.182. The number of aromatic nitrogens is 4. The first-order valence-electron chi connectivity index (χ1n) is 9.57. The van der Waals surface area contributed by atoms with Crippen molar-refractivity contribution in [3.63, 3.8) is 0 Å². The van der Waals surface area contributed by atoms with Crippen molar-refractivity contribution in [1.29, 1.82) is 0 Å². The van der Waals surface area contributed by atoms with E-state index in [9.17, 15) is 4.79 Å². The second-order valence-electron chi connectivity index (χ2n) is 6.67. The number of aryl methyl sites for hydroxylation is 1. The van der Waals surface area contributed by atoms with Gasteiger partial charge in [-0.3, -0.25) is 4.79 Å². The van der Waals surface area contributed by atoms with Gasteiger partial charge in [-0.25, -0.2) is 15.0 Å². The molecule has 0 fully saturated rings. The maximum Gasteiger partial charge on any atom is 0.230 e. The van der Waals surface area contributed by atoms with Gasteiger partial charge in [0.1, 0.15) is 11.5 Å². The number of anilines is 2. The van der Waals surface area contributed by atoms with Gasteiger partial charge in [-0.1, -0.05) is 17.3 Å². The molecule has 9 nitrogen and oxygen atoms in total. The molecular formula is C22H20N6O3. The van der Waals surface area contributed by atoms with E-state index in [1.165, 1.54) is 0 Å². The normalized spacial score (nSPS) is 10.5. The molecule has 0 spiro atoms. The van der Waals surface area contributed by atoms with Crippen LogP contribution in [0.5, 0.6) is 11.6 Å². The van der Waals surface area contributed by atoms with Crippen molar-refractivity contribution in [3.05, 3.63) is 72.2 Å². The number of carbonyl (C=O) groups is 1. The maximum atomic E-state index is 12.2. The Balaban J connectivity index is 1.45. The number of ether oxygens (including phenoxy) is 1. The maximum absolute atomic E-state index is 12.2. The first kappa shape index (κ1) is 20.0. The number of rotatable bonds is 7. The van der Waals surface area contributed by atoms with Crippen LogP contribution in [0.1, 0.15) is 11.3 Å². The van der Waals surface area contributed by atoms with Crippen LogP contribution in [-0.4, -0.2) is 33.1 Å². The molecule has 9 heteroatoms. The molecule has 1 aromatic carbocycles. The van der Waals surface area contributed by atoms with E-state index < -0.39 is 0 Å². The summed E-state index contributed by atoms with van der Waals surface area (Å²) in [5.41, 5.74) is 2.27. The molecule has 3 aromatic heterocycles. The summed E-state index contributed by atoms with van der Waals surface area (Å²) in [6, 6.07) is 14.4. The summed E-state index contributed by atoms with van der Waals surface area (Å²) in [7, 11) is 1.76. The first-order valence-corrected chi connectivity index (χ1v) is 9.57. The van der Waals surface area contributed by atoms with Crippen LogP contribution in [0.2, 0.25) is 0 Å². The number of nitrogens with zero attached hydrogens (tertiary/aromatic N) is 4. The van der Waals surface area contributed by atoms with E-state index in [-0.39, 0.29) is 12.3 Å². The van der Waals surface area contributed by atoms with Gasteiger partial charge in [0.15, 0.2) is 5.82 Å². The summed E-state index contributed by atoms with van der Waals surface area (Å²) >= 11 is 0. The summed E-state index contributed by atoms with van der Waals surface area (Å²) in [6.45, 7) is 1.76. The molecule has 0 saturated carbocycles. The monoisotopic (exact) mass is 416 g/mol. The molecule has 156 valence electrons. The van der Waals surface area contributed by atoms with Gasteiger partial charge in [-0.2, -0.15) is 0 Å². The minimum atomic E-state index is -0.182. The Kier molecular flexibility index (Phi) is 5.84. The van der Waals surface area contributed by atoms with E-state index in [4.69, 9.17) is 9.26 Å². The molecule has 0 atom stereocenters. The van der Waals surface area contributed by atoms with Crippen LogP contribution in [0.4, 0.5) is 11.8 Å². The smallest absolute Gasteiger partial charge is 0.230 e. The lowest BCUT2D eigenvalue weighted by molar-refractivity contribution is -0.115. The van der Waals surface area contributed by atoms with E-state index in [2.05, 4.69) is 30.7 Å². The molecule has 3 heterocycles. The van der Waals surface area contributed by atoms with Crippen LogP contribution in [0.15, 0.2) is 65.4 Å². The number of hydrogen-bond acceptors (Lipinski definition) is 8. The van der Waals surface area contributed by atoms with Crippen molar-refractivity contribution in [1.82, 2.24) is 20.1 Å². The highest BCUT2D eigenvalue weighted by Gasteiger charge is 2.12.